The highest BCUT2D eigenvalue weighted by molar-refractivity contribution is 5.72. The van der Waals surface area contributed by atoms with Crippen LogP contribution in [0.4, 0.5) is 5.69 Å². The minimum absolute atomic E-state index is 0.0130. The molecule has 5 nitrogen and oxygen atoms in total. The molecule has 0 aliphatic carbocycles. The Balaban J connectivity index is 1.70. The van der Waals surface area contributed by atoms with Crippen LogP contribution in [-0.2, 0) is 16.1 Å². The number of anilines is 1. The molecule has 2 rings (SSSR count). The van der Waals surface area contributed by atoms with Crippen LogP contribution in [0, 0.1) is 0 Å². The molecule has 0 atom stereocenters. The van der Waals surface area contributed by atoms with E-state index in [0.29, 0.717) is 26.4 Å². The van der Waals surface area contributed by atoms with Gasteiger partial charge in [0.15, 0.2) is 0 Å². The quantitative estimate of drug-likeness (QED) is 0.675. The number of amides is 1. The number of hydrogen-bond acceptors (Lipinski definition) is 4. The zero-order chi connectivity index (χ0) is 17.9. The normalized spacial score (nSPS) is 10.3. The van der Waals surface area contributed by atoms with Gasteiger partial charge in [0.05, 0.1) is 13.2 Å². The van der Waals surface area contributed by atoms with Gasteiger partial charge in [-0.2, -0.15) is 0 Å². The number of hydrogen-bond donors (Lipinski definition) is 1. The molecule has 5 heteroatoms. The largest absolute Gasteiger partial charge is 0.491 e. The van der Waals surface area contributed by atoms with Gasteiger partial charge < -0.3 is 19.7 Å². The van der Waals surface area contributed by atoms with Gasteiger partial charge in [0.25, 0.3) is 0 Å². The molecule has 0 radical (unpaired) electrons. The van der Waals surface area contributed by atoms with E-state index in [1.54, 1.807) is 0 Å². The van der Waals surface area contributed by atoms with E-state index in [2.05, 4.69) is 10.2 Å². The van der Waals surface area contributed by atoms with Crippen molar-refractivity contribution >= 4 is 11.6 Å². The van der Waals surface area contributed by atoms with Crippen LogP contribution in [0.1, 0.15) is 12.5 Å². The molecule has 0 unspecified atom stereocenters. The third kappa shape index (κ3) is 7.27. The fourth-order valence-corrected chi connectivity index (χ4v) is 2.32. The number of nitrogens with zero attached hydrogens (tertiary/aromatic N) is 1. The van der Waals surface area contributed by atoms with Crippen molar-refractivity contribution in [2.45, 2.75) is 13.5 Å². The Labute approximate surface area is 149 Å². The minimum Gasteiger partial charge on any atom is -0.491 e. The van der Waals surface area contributed by atoms with Crippen molar-refractivity contribution in [3.63, 3.8) is 0 Å². The fraction of sp³-hybridized carbons (Fsp3) is 0.350. The van der Waals surface area contributed by atoms with Crippen molar-refractivity contribution in [2.24, 2.45) is 0 Å². The third-order valence-electron chi connectivity index (χ3n) is 3.69. The highest BCUT2D eigenvalue weighted by Crippen LogP contribution is 2.20. The number of carbonyl (C=O) groups excluding carboxylic acids is 1. The Kier molecular flexibility index (Phi) is 7.79. The molecule has 0 bridgehead atoms. The summed E-state index contributed by atoms with van der Waals surface area (Å²) >= 11 is 0. The van der Waals surface area contributed by atoms with Crippen molar-refractivity contribution in [3.8, 4) is 5.75 Å². The van der Waals surface area contributed by atoms with E-state index in [-0.39, 0.29) is 5.91 Å². The van der Waals surface area contributed by atoms with Gasteiger partial charge in [-0.05, 0) is 17.7 Å². The summed E-state index contributed by atoms with van der Waals surface area (Å²) in [5.41, 5.74) is 2.21. The average Bonchev–Trinajstić information content (AvgIpc) is 2.62. The van der Waals surface area contributed by atoms with E-state index >= 15 is 0 Å². The summed E-state index contributed by atoms with van der Waals surface area (Å²) in [5.74, 6) is 0.799. The molecular formula is C20H26N2O3. The Morgan fingerprint density at radius 3 is 2.64 bits per heavy atom. The average molecular weight is 342 g/mol. The van der Waals surface area contributed by atoms with E-state index in [4.69, 9.17) is 9.47 Å². The molecule has 0 aromatic heterocycles. The Bertz CT molecular complexity index is 646. The number of rotatable bonds is 10. The van der Waals surface area contributed by atoms with Crippen LogP contribution in [0.15, 0.2) is 54.6 Å². The summed E-state index contributed by atoms with van der Waals surface area (Å²) in [7, 11) is 1.99. The first kappa shape index (κ1) is 18.8. The molecule has 0 spiro atoms. The van der Waals surface area contributed by atoms with Crippen molar-refractivity contribution in [1.82, 2.24) is 5.32 Å². The van der Waals surface area contributed by atoms with Crippen LogP contribution in [0.2, 0.25) is 0 Å². The fourth-order valence-electron chi connectivity index (χ4n) is 2.32. The van der Waals surface area contributed by atoms with Gasteiger partial charge in [-0.1, -0.05) is 36.4 Å². The van der Waals surface area contributed by atoms with Crippen LogP contribution in [0.25, 0.3) is 0 Å². The van der Waals surface area contributed by atoms with Crippen molar-refractivity contribution in [2.75, 3.05) is 38.3 Å². The molecule has 1 amide bonds. The lowest BCUT2D eigenvalue weighted by Crippen LogP contribution is -2.31. The van der Waals surface area contributed by atoms with Gasteiger partial charge in [-0.3, -0.25) is 4.79 Å². The molecule has 2 aromatic carbocycles. The maximum Gasteiger partial charge on any atom is 0.216 e. The number of ether oxygens (including phenoxy) is 2. The molecule has 0 heterocycles. The number of benzene rings is 2. The molecular weight excluding hydrogens is 316 g/mol. The lowest BCUT2D eigenvalue weighted by atomic mass is 10.2. The summed E-state index contributed by atoms with van der Waals surface area (Å²) in [6, 6.07) is 18.0. The van der Waals surface area contributed by atoms with Crippen LogP contribution in [0.3, 0.4) is 0 Å². The van der Waals surface area contributed by atoms with E-state index in [0.717, 1.165) is 23.5 Å². The second-order valence-electron chi connectivity index (χ2n) is 5.79. The number of nitrogens with one attached hydrogen (secondary N) is 1. The maximum absolute atomic E-state index is 10.9. The van der Waals surface area contributed by atoms with Crippen molar-refractivity contribution in [3.05, 3.63) is 60.2 Å². The van der Waals surface area contributed by atoms with Gasteiger partial charge in [0, 0.05) is 38.8 Å². The van der Waals surface area contributed by atoms with Gasteiger partial charge in [-0.25, -0.2) is 0 Å². The summed E-state index contributed by atoms with van der Waals surface area (Å²) < 4.78 is 11.4. The zero-order valence-electron chi connectivity index (χ0n) is 14.9. The first-order valence-electron chi connectivity index (χ1n) is 8.45. The second-order valence-corrected chi connectivity index (χ2v) is 5.79. The Hall–Kier alpha value is -2.53. The first-order chi connectivity index (χ1) is 12.1. The SMILES string of the molecule is CC(=O)NCCN(C)c1cccc(OCCOCc2ccccc2)c1. The van der Waals surface area contributed by atoms with Crippen molar-refractivity contribution < 1.29 is 14.3 Å². The van der Waals surface area contributed by atoms with Gasteiger partial charge in [-0.15, -0.1) is 0 Å². The molecule has 0 fully saturated rings. The second kappa shape index (κ2) is 10.4. The highest BCUT2D eigenvalue weighted by atomic mass is 16.5. The monoisotopic (exact) mass is 342 g/mol. The minimum atomic E-state index is -0.0130. The lowest BCUT2D eigenvalue weighted by Gasteiger charge is -2.20. The van der Waals surface area contributed by atoms with Crippen LogP contribution in [0.5, 0.6) is 5.75 Å². The van der Waals surface area contributed by atoms with Crippen LogP contribution >= 0.6 is 0 Å². The summed E-state index contributed by atoms with van der Waals surface area (Å²) in [4.78, 5) is 13.0. The smallest absolute Gasteiger partial charge is 0.216 e. The van der Waals surface area contributed by atoms with Gasteiger partial charge >= 0.3 is 0 Å². The summed E-state index contributed by atoms with van der Waals surface area (Å²) in [5, 5.41) is 2.79. The topological polar surface area (TPSA) is 50.8 Å². The molecule has 0 saturated heterocycles. The molecule has 2 aromatic rings. The molecule has 0 aliphatic rings. The number of likely N-dealkylation sites (N-methyl/N-ethyl adjacent to an activating group) is 1. The molecule has 0 saturated carbocycles. The molecule has 1 N–H and O–H groups in total. The van der Waals surface area contributed by atoms with Crippen molar-refractivity contribution in [1.29, 1.82) is 0 Å². The Morgan fingerprint density at radius 1 is 1.08 bits per heavy atom. The van der Waals surface area contributed by atoms with E-state index in [1.807, 2.05) is 61.6 Å². The Morgan fingerprint density at radius 2 is 1.88 bits per heavy atom. The predicted molar refractivity (Wildman–Crippen MR) is 100.0 cm³/mol. The van der Waals surface area contributed by atoms with Crippen LogP contribution < -0.4 is 15.0 Å². The van der Waals surface area contributed by atoms with E-state index in [1.165, 1.54) is 6.92 Å². The van der Waals surface area contributed by atoms with Gasteiger partial charge in [0.1, 0.15) is 12.4 Å². The van der Waals surface area contributed by atoms with E-state index in [9.17, 15) is 4.79 Å². The molecule has 25 heavy (non-hydrogen) atoms. The third-order valence-corrected chi connectivity index (χ3v) is 3.69. The zero-order valence-corrected chi connectivity index (χ0v) is 14.9. The summed E-state index contributed by atoms with van der Waals surface area (Å²) in [6.07, 6.45) is 0. The van der Waals surface area contributed by atoms with Gasteiger partial charge in [0.2, 0.25) is 5.91 Å². The predicted octanol–water partition coefficient (Wildman–Crippen LogP) is 2.85. The lowest BCUT2D eigenvalue weighted by molar-refractivity contribution is -0.118. The maximum atomic E-state index is 10.9. The highest BCUT2D eigenvalue weighted by Gasteiger charge is 2.03. The number of carbonyl (C=O) groups is 1. The molecule has 134 valence electrons. The standard InChI is InChI=1S/C20H26N2O3/c1-17(23)21-11-12-22(2)19-9-6-10-20(15-19)25-14-13-24-16-18-7-4-3-5-8-18/h3-10,15H,11-14,16H2,1-2H3,(H,21,23). The first-order valence-corrected chi connectivity index (χ1v) is 8.45. The summed E-state index contributed by atoms with van der Waals surface area (Å²) in [6.45, 7) is 4.52. The molecule has 0 aliphatic heterocycles. The van der Waals surface area contributed by atoms with E-state index < -0.39 is 0 Å². The van der Waals surface area contributed by atoms with Crippen LogP contribution in [-0.4, -0.2) is 39.3 Å².